The zero-order valence-electron chi connectivity index (χ0n) is 9.63. The van der Waals surface area contributed by atoms with Gasteiger partial charge in [-0.3, -0.25) is 0 Å². The number of aromatic amines is 1. The normalized spacial score (nSPS) is 18.1. The molecule has 0 radical (unpaired) electrons. The van der Waals surface area contributed by atoms with Gasteiger partial charge in [0, 0.05) is 16.8 Å². The fourth-order valence-electron chi connectivity index (χ4n) is 2.42. The number of rotatable bonds is 1. The highest BCUT2D eigenvalue weighted by Gasteiger charge is 2.26. The predicted molar refractivity (Wildman–Crippen MR) is 72.9 cm³/mol. The van der Waals surface area contributed by atoms with E-state index in [1.807, 2.05) is 23.9 Å². The second-order valence-corrected chi connectivity index (χ2v) is 5.46. The molecule has 1 aliphatic rings. The Hall–Kier alpha value is -1.81. The summed E-state index contributed by atoms with van der Waals surface area (Å²) in [7, 11) is 0. The van der Waals surface area contributed by atoms with Crippen molar-refractivity contribution in [2.24, 2.45) is 0 Å². The van der Waals surface area contributed by atoms with Crippen molar-refractivity contribution in [1.82, 2.24) is 15.0 Å². The molecule has 0 saturated heterocycles. The largest absolute Gasteiger partial charge is 0.340 e. The van der Waals surface area contributed by atoms with Gasteiger partial charge in [0.05, 0.1) is 11.4 Å². The number of aromatic nitrogens is 3. The fraction of sp³-hybridized carbons (Fsp3) is 0.143. The van der Waals surface area contributed by atoms with Gasteiger partial charge in [0.2, 0.25) is 0 Å². The molecule has 0 spiro atoms. The molecule has 1 aliphatic heterocycles. The molecule has 1 atom stereocenters. The molecular weight excluding hydrogens is 242 g/mol. The molecule has 4 rings (SSSR count). The molecule has 3 aromatic rings. The lowest BCUT2D eigenvalue weighted by atomic mass is 10.0. The van der Waals surface area contributed by atoms with Gasteiger partial charge in [0.15, 0.2) is 5.65 Å². The van der Waals surface area contributed by atoms with Gasteiger partial charge in [-0.1, -0.05) is 18.2 Å². The summed E-state index contributed by atoms with van der Waals surface area (Å²) < 4.78 is 0. The zero-order chi connectivity index (χ0) is 11.9. The number of H-pyrrole nitrogens is 1. The van der Waals surface area contributed by atoms with E-state index < -0.39 is 0 Å². The van der Waals surface area contributed by atoms with Gasteiger partial charge in [-0.05, 0) is 23.8 Å². The second kappa shape index (κ2) is 3.85. The standard InChI is InChI=1S/C14H11N3S/c1-2-6-12-9(4-1)10(8-18-12)13-16-11-5-3-7-15-14(11)17-13/h1-7,10H,8H2,(H,15,16,17). The number of nitrogens with zero attached hydrogens (tertiary/aromatic N) is 2. The molecule has 88 valence electrons. The van der Waals surface area contributed by atoms with Crippen molar-refractivity contribution in [3.63, 3.8) is 0 Å². The van der Waals surface area contributed by atoms with E-state index in [2.05, 4.69) is 39.2 Å². The van der Waals surface area contributed by atoms with E-state index >= 15 is 0 Å². The topological polar surface area (TPSA) is 41.6 Å². The molecule has 1 unspecified atom stereocenters. The Labute approximate surface area is 109 Å². The van der Waals surface area contributed by atoms with Crippen LogP contribution in [-0.4, -0.2) is 20.7 Å². The summed E-state index contributed by atoms with van der Waals surface area (Å²) in [6.07, 6.45) is 1.78. The number of fused-ring (bicyclic) bond motifs is 2. The van der Waals surface area contributed by atoms with Gasteiger partial charge in [0.25, 0.3) is 0 Å². The summed E-state index contributed by atoms with van der Waals surface area (Å²) in [5, 5.41) is 0. The highest BCUT2D eigenvalue weighted by molar-refractivity contribution is 7.99. The summed E-state index contributed by atoms with van der Waals surface area (Å²) in [5.41, 5.74) is 3.20. The first-order valence-corrected chi connectivity index (χ1v) is 6.93. The summed E-state index contributed by atoms with van der Waals surface area (Å²) in [6, 6.07) is 12.5. The minimum absolute atomic E-state index is 0.361. The van der Waals surface area contributed by atoms with E-state index in [1.54, 1.807) is 6.20 Å². The molecule has 0 aliphatic carbocycles. The van der Waals surface area contributed by atoms with E-state index in [0.29, 0.717) is 5.92 Å². The summed E-state index contributed by atoms with van der Waals surface area (Å²) in [6.45, 7) is 0. The van der Waals surface area contributed by atoms with E-state index in [1.165, 1.54) is 10.5 Å². The van der Waals surface area contributed by atoms with Crippen LogP contribution < -0.4 is 0 Å². The van der Waals surface area contributed by atoms with Crippen LogP contribution in [0.5, 0.6) is 0 Å². The molecule has 0 amide bonds. The van der Waals surface area contributed by atoms with Crippen molar-refractivity contribution < 1.29 is 0 Å². The lowest BCUT2D eigenvalue weighted by molar-refractivity contribution is 0.857. The molecule has 1 aromatic carbocycles. The van der Waals surface area contributed by atoms with E-state index in [4.69, 9.17) is 0 Å². The minimum atomic E-state index is 0.361. The van der Waals surface area contributed by atoms with E-state index in [-0.39, 0.29) is 0 Å². The molecule has 3 nitrogen and oxygen atoms in total. The first kappa shape index (κ1) is 10.1. The average molecular weight is 253 g/mol. The van der Waals surface area contributed by atoms with Gasteiger partial charge in [0.1, 0.15) is 5.82 Å². The molecule has 3 heterocycles. The lowest BCUT2D eigenvalue weighted by Gasteiger charge is -2.06. The highest BCUT2D eigenvalue weighted by Crippen LogP contribution is 2.42. The third-order valence-corrected chi connectivity index (χ3v) is 4.49. The van der Waals surface area contributed by atoms with Gasteiger partial charge in [-0.2, -0.15) is 0 Å². The van der Waals surface area contributed by atoms with Crippen LogP contribution in [0.4, 0.5) is 0 Å². The monoisotopic (exact) mass is 253 g/mol. The highest BCUT2D eigenvalue weighted by atomic mass is 32.2. The first-order valence-electron chi connectivity index (χ1n) is 5.94. The van der Waals surface area contributed by atoms with Crippen LogP contribution in [0, 0.1) is 0 Å². The maximum atomic E-state index is 4.61. The van der Waals surface area contributed by atoms with Crippen molar-refractivity contribution in [2.45, 2.75) is 10.8 Å². The summed E-state index contributed by atoms with van der Waals surface area (Å²) >= 11 is 1.90. The van der Waals surface area contributed by atoms with Crippen LogP contribution in [0.25, 0.3) is 11.2 Å². The SMILES string of the molecule is c1ccc2c(c1)SCC2c1nc2ncccc2[nH]1. The molecule has 0 saturated carbocycles. The summed E-state index contributed by atoms with van der Waals surface area (Å²) in [5.74, 6) is 2.45. The van der Waals surface area contributed by atoms with E-state index in [0.717, 1.165) is 22.7 Å². The van der Waals surface area contributed by atoms with Crippen molar-refractivity contribution in [1.29, 1.82) is 0 Å². The molecule has 1 N–H and O–H groups in total. The Bertz CT molecular complexity index is 687. The zero-order valence-corrected chi connectivity index (χ0v) is 10.4. The van der Waals surface area contributed by atoms with Crippen LogP contribution >= 0.6 is 11.8 Å². The van der Waals surface area contributed by atoms with Gasteiger partial charge < -0.3 is 4.98 Å². The van der Waals surface area contributed by atoms with Crippen molar-refractivity contribution in [3.05, 3.63) is 54.0 Å². The van der Waals surface area contributed by atoms with Crippen molar-refractivity contribution in [2.75, 3.05) is 5.75 Å². The number of pyridine rings is 1. The Morgan fingerprint density at radius 1 is 1.17 bits per heavy atom. The third kappa shape index (κ3) is 1.46. The first-order chi connectivity index (χ1) is 8.92. The van der Waals surface area contributed by atoms with Crippen LogP contribution in [0.2, 0.25) is 0 Å². The minimum Gasteiger partial charge on any atom is -0.340 e. The van der Waals surface area contributed by atoms with Crippen molar-refractivity contribution >= 4 is 22.9 Å². The number of hydrogen-bond acceptors (Lipinski definition) is 3. The van der Waals surface area contributed by atoms with Gasteiger partial charge in [-0.25, -0.2) is 9.97 Å². The number of thioether (sulfide) groups is 1. The van der Waals surface area contributed by atoms with Crippen LogP contribution in [0.3, 0.4) is 0 Å². The molecule has 4 heteroatoms. The molecule has 2 aromatic heterocycles. The van der Waals surface area contributed by atoms with Crippen LogP contribution in [0.15, 0.2) is 47.5 Å². The Balaban J connectivity index is 1.85. The average Bonchev–Trinajstić information content (AvgIpc) is 3.02. The molecule has 0 fully saturated rings. The van der Waals surface area contributed by atoms with Gasteiger partial charge >= 0.3 is 0 Å². The maximum Gasteiger partial charge on any atom is 0.177 e. The van der Waals surface area contributed by atoms with Gasteiger partial charge in [-0.15, -0.1) is 11.8 Å². The number of benzene rings is 1. The smallest absolute Gasteiger partial charge is 0.177 e. The molecular formula is C14H11N3S. The number of imidazole rings is 1. The summed E-state index contributed by atoms with van der Waals surface area (Å²) in [4.78, 5) is 13.7. The quantitative estimate of drug-likeness (QED) is 0.724. The maximum absolute atomic E-state index is 4.61. The van der Waals surface area contributed by atoms with E-state index in [9.17, 15) is 0 Å². The Kier molecular flexibility index (Phi) is 2.17. The van der Waals surface area contributed by atoms with Crippen molar-refractivity contribution in [3.8, 4) is 0 Å². The molecule has 18 heavy (non-hydrogen) atoms. The number of hydrogen-bond donors (Lipinski definition) is 1. The lowest BCUT2D eigenvalue weighted by Crippen LogP contribution is -2.01. The predicted octanol–water partition coefficient (Wildman–Crippen LogP) is 3.20. The fourth-order valence-corrected chi connectivity index (χ4v) is 3.65. The Morgan fingerprint density at radius 2 is 2.11 bits per heavy atom. The Morgan fingerprint density at radius 3 is 3.06 bits per heavy atom. The molecule has 0 bridgehead atoms. The second-order valence-electron chi connectivity index (χ2n) is 4.40. The third-order valence-electron chi connectivity index (χ3n) is 3.31. The van der Waals surface area contributed by atoms with Crippen LogP contribution in [-0.2, 0) is 0 Å². The number of nitrogens with one attached hydrogen (secondary N) is 1. The van der Waals surface area contributed by atoms with Crippen LogP contribution in [0.1, 0.15) is 17.3 Å².